The highest BCUT2D eigenvalue weighted by Crippen LogP contribution is 2.37. The molecular formula is C16H22FNO3. The fourth-order valence-corrected chi connectivity index (χ4v) is 2.51. The lowest BCUT2D eigenvalue weighted by Gasteiger charge is -2.38. The summed E-state index contributed by atoms with van der Waals surface area (Å²) in [6.07, 6.45) is 0.394. The lowest BCUT2D eigenvalue weighted by molar-refractivity contribution is -0.00668. The van der Waals surface area contributed by atoms with Crippen molar-refractivity contribution >= 4 is 6.09 Å². The fourth-order valence-electron chi connectivity index (χ4n) is 2.51. The third-order valence-electron chi connectivity index (χ3n) is 3.46. The summed E-state index contributed by atoms with van der Waals surface area (Å²) in [5.74, 6) is 0.0268. The zero-order valence-electron chi connectivity index (χ0n) is 12.7. The molecule has 21 heavy (non-hydrogen) atoms. The number of phenols is 1. The number of piperidine rings is 1. The van der Waals surface area contributed by atoms with Gasteiger partial charge in [-0.2, -0.15) is 0 Å². The Labute approximate surface area is 124 Å². The van der Waals surface area contributed by atoms with E-state index in [0.717, 1.165) is 0 Å². The van der Waals surface area contributed by atoms with Crippen molar-refractivity contribution in [3.63, 3.8) is 0 Å². The van der Waals surface area contributed by atoms with Crippen LogP contribution in [0.5, 0.6) is 5.75 Å². The second-order valence-corrected chi connectivity index (χ2v) is 6.52. The number of phenolic OH excluding ortho intramolecular Hbond substituents is 1. The van der Waals surface area contributed by atoms with Gasteiger partial charge in [-0.1, -0.05) is 12.1 Å². The van der Waals surface area contributed by atoms with Crippen molar-refractivity contribution in [1.82, 2.24) is 4.90 Å². The van der Waals surface area contributed by atoms with Crippen LogP contribution in [0.4, 0.5) is 9.18 Å². The molecule has 4 nitrogen and oxygen atoms in total. The Balaban J connectivity index is 2.15. The molecule has 116 valence electrons. The van der Waals surface area contributed by atoms with Crippen molar-refractivity contribution in [2.24, 2.45) is 0 Å². The Kier molecular flexibility index (Phi) is 4.12. The number of rotatable bonds is 1. The van der Waals surface area contributed by atoms with Crippen LogP contribution in [-0.4, -0.2) is 34.8 Å². The van der Waals surface area contributed by atoms with E-state index in [9.17, 15) is 9.90 Å². The molecule has 0 aliphatic carbocycles. The summed E-state index contributed by atoms with van der Waals surface area (Å²) in [5.41, 5.74) is -1.84. The van der Waals surface area contributed by atoms with E-state index in [1.54, 1.807) is 32.9 Å². The van der Waals surface area contributed by atoms with E-state index in [4.69, 9.17) is 4.74 Å². The van der Waals surface area contributed by atoms with E-state index < -0.39 is 17.4 Å². The quantitative estimate of drug-likeness (QED) is 0.861. The zero-order valence-corrected chi connectivity index (χ0v) is 12.7. The molecule has 0 radical (unpaired) electrons. The number of halogens is 1. The largest absolute Gasteiger partial charge is 0.508 e. The van der Waals surface area contributed by atoms with Crippen LogP contribution in [-0.2, 0) is 10.4 Å². The second-order valence-electron chi connectivity index (χ2n) is 6.52. The molecule has 1 heterocycles. The summed E-state index contributed by atoms with van der Waals surface area (Å²) < 4.78 is 20.5. The molecule has 0 bridgehead atoms. The number of nitrogens with zero attached hydrogens (tertiary/aromatic N) is 1. The lowest BCUT2D eigenvalue weighted by atomic mass is 9.87. The first-order valence-electron chi connectivity index (χ1n) is 7.16. The van der Waals surface area contributed by atoms with Gasteiger partial charge < -0.3 is 14.7 Å². The maximum absolute atomic E-state index is 15.2. The molecule has 5 heteroatoms. The minimum absolute atomic E-state index is 0.0268. The van der Waals surface area contributed by atoms with Gasteiger partial charge in [0.15, 0.2) is 5.67 Å². The molecule has 1 saturated heterocycles. The summed E-state index contributed by atoms with van der Waals surface area (Å²) in [4.78, 5) is 13.5. The van der Waals surface area contributed by atoms with Gasteiger partial charge in [0, 0.05) is 6.54 Å². The number of hydrogen-bond donors (Lipinski definition) is 1. The fraction of sp³-hybridized carbons (Fsp3) is 0.562. The third kappa shape index (κ3) is 3.86. The number of carbonyl (C=O) groups is 1. The van der Waals surface area contributed by atoms with Crippen LogP contribution in [0.1, 0.15) is 39.2 Å². The Morgan fingerprint density at radius 3 is 2.76 bits per heavy atom. The number of ether oxygens (including phenoxy) is 1. The predicted octanol–water partition coefficient (Wildman–Crippen LogP) is 3.59. The van der Waals surface area contributed by atoms with Gasteiger partial charge >= 0.3 is 6.09 Å². The number of alkyl halides is 1. The molecule has 0 spiro atoms. The van der Waals surface area contributed by atoms with E-state index in [2.05, 4.69) is 0 Å². The molecule has 1 unspecified atom stereocenters. The summed E-state index contributed by atoms with van der Waals surface area (Å²) >= 11 is 0. The Morgan fingerprint density at radius 2 is 2.14 bits per heavy atom. The van der Waals surface area contributed by atoms with Crippen LogP contribution < -0.4 is 0 Å². The average molecular weight is 295 g/mol. The highest BCUT2D eigenvalue weighted by molar-refractivity contribution is 5.68. The van der Waals surface area contributed by atoms with Crippen LogP contribution in [0, 0.1) is 0 Å². The van der Waals surface area contributed by atoms with Crippen LogP contribution in [0.3, 0.4) is 0 Å². The molecule has 1 fully saturated rings. The maximum Gasteiger partial charge on any atom is 0.410 e. The monoisotopic (exact) mass is 295 g/mol. The molecule has 1 aliphatic rings. The topological polar surface area (TPSA) is 49.8 Å². The average Bonchev–Trinajstić information content (AvgIpc) is 2.37. The first kappa shape index (κ1) is 15.6. The molecule has 1 aromatic carbocycles. The third-order valence-corrected chi connectivity index (χ3v) is 3.46. The maximum atomic E-state index is 15.2. The van der Waals surface area contributed by atoms with Crippen molar-refractivity contribution in [2.45, 2.75) is 44.9 Å². The van der Waals surface area contributed by atoms with Gasteiger partial charge in [-0.25, -0.2) is 9.18 Å². The minimum atomic E-state index is -1.64. The smallest absolute Gasteiger partial charge is 0.410 e. The molecule has 0 aromatic heterocycles. The van der Waals surface area contributed by atoms with Crippen molar-refractivity contribution < 1.29 is 19.0 Å². The summed E-state index contributed by atoms with van der Waals surface area (Å²) in [6.45, 7) is 5.79. The van der Waals surface area contributed by atoms with Gasteiger partial charge in [0.1, 0.15) is 11.4 Å². The van der Waals surface area contributed by atoms with E-state index in [1.807, 2.05) is 0 Å². The first-order chi connectivity index (χ1) is 9.70. The minimum Gasteiger partial charge on any atom is -0.508 e. The van der Waals surface area contributed by atoms with Gasteiger partial charge in [0.25, 0.3) is 0 Å². The molecule has 1 aliphatic heterocycles. The summed E-state index contributed by atoms with van der Waals surface area (Å²) in [5, 5.41) is 9.51. The highest BCUT2D eigenvalue weighted by atomic mass is 19.1. The number of amides is 1. The standard InChI is InChI=1S/C16H22FNO3/c1-15(2,3)21-14(20)18-9-5-8-16(17,11-18)12-6-4-7-13(19)10-12/h4,6-7,10,19H,5,8-9,11H2,1-3H3. The molecule has 1 aromatic rings. The number of likely N-dealkylation sites (tertiary alicyclic amines) is 1. The molecule has 1 amide bonds. The van der Waals surface area contributed by atoms with Crippen molar-refractivity contribution in [1.29, 1.82) is 0 Å². The first-order valence-corrected chi connectivity index (χ1v) is 7.16. The number of benzene rings is 1. The second kappa shape index (κ2) is 5.54. The normalized spacial score (nSPS) is 23.0. The molecule has 1 N–H and O–H groups in total. The predicted molar refractivity (Wildman–Crippen MR) is 77.9 cm³/mol. The SMILES string of the molecule is CC(C)(C)OC(=O)N1CCCC(F)(c2cccc(O)c2)C1. The molecular weight excluding hydrogens is 273 g/mol. The van der Waals surface area contributed by atoms with Crippen LogP contribution >= 0.6 is 0 Å². The van der Waals surface area contributed by atoms with Gasteiger partial charge in [-0.05, 0) is 51.3 Å². The summed E-state index contributed by atoms with van der Waals surface area (Å²) in [6, 6.07) is 6.16. The molecule has 2 rings (SSSR count). The Bertz CT molecular complexity index is 526. The van der Waals surface area contributed by atoms with Gasteiger partial charge in [0.2, 0.25) is 0 Å². The summed E-state index contributed by atoms with van der Waals surface area (Å²) in [7, 11) is 0. The van der Waals surface area contributed by atoms with Crippen molar-refractivity contribution in [3.8, 4) is 5.75 Å². The highest BCUT2D eigenvalue weighted by Gasteiger charge is 2.40. The van der Waals surface area contributed by atoms with Crippen LogP contribution in [0.2, 0.25) is 0 Å². The van der Waals surface area contributed by atoms with Gasteiger partial charge in [0.05, 0.1) is 6.54 Å². The number of hydrogen-bond acceptors (Lipinski definition) is 3. The van der Waals surface area contributed by atoms with Crippen LogP contribution in [0.25, 0.3) is 0 Å². The van der Waals surface area contributed by atoms with E-state index in [0.29, 0.717) is 24.9 Å². The number of aromatic hydroxyl groups is 1. The van der Waals surface area contributed by atoms with Crippen molar-refractivity contribution in [3.05, 3.63) is 29.8 Å². The van der Waals surface area contributed by atoms with E-state index >= 15 is 4.39 Å². The van der Waals surface area contributed by atoms with Crippen LogP contribution in [0.15, 0.2) is 24.3 Å². The van der Waals surface area contributed by atoms with E-state index in [-0.39, 0.29) is 12.3 Å². The Morgan fingerprint density at radius 1 is 1.43 bits per heavy atom. The van der Waals surface area contributed by atoms with Gasteiger partial charge in [-0.15, -0.1) is 0 Å². The van der Waals surface area contributed by atoms with Gasteiger partial charge in [-0.3, -0.25) is 0 Å². The molecule has 1 atom stereocenters. The number of carbonyl (C=O) groups excluding carboxylic acids is 1. The zero-order chi connectivity index (χ0) is 15.7. The Hall–Kier alpha value is -1.78. The lowest BCUT2D eigenvalue weighted by Crippen LogP contribution is -2.48. The molecule has 0 saturated carbocycles. The van der Waals surface area contributed by atoms with E-state index in [1.165, 1.54) is 17.0 Å². The van der Waals surface area contributed by atoms with Crippen molar-refractivity contribution in [2.75, 3.05) is 13.1 Å².